The SMILES string of the molecule is CCCNC(CO)(CN1CCCC2CCCC21)C1CC1. The van der Waals surface area contributed by atoms with Gasteiger partial charge in [-0.15, -0.1) is 0 Å². The van der Waals surface area contributed by atoms with Gasteiger partial charge in [0, 0.05) is 12.6 Å². The third-order valence-corrected chi connectivity index (χ3v) is 5.96. The summed E-state index contributed by atoms with van der Waals surface area (Å²) in [5, 5.41) is 13.8. The minimum Gasteiger partial charge on any atom is -0.394 e. The molecule has 3 rings (SSSR count). The topological polar surface area (TPSA) is 35.5 Å². The van der Waals surface area contributed by atoms with Gasteiger partial charge in [-0.3, -0.25) is 4.90 Å². The first-order valence-corrected chi connectivity index (χ1v) is 8.89. The number of nitrogens with one attached hydrogen (secondary N) is 1. The van der Waals surface area contributed by atoms with Crippen molar-refractivity contribution in [1.29, 1.82) is 0 Å². The molecule has 0 aromatic carbocycles. The van der Waals surface area contributed by atoms with Gasteiger partial charge in [0.25, 0.3) is 0 Å². The molecule has 0 aromatic rings. The van der Waals surface area contributed by atoms with Gasteiger partial charge >= 0.3 is 0 Å². The number of likely N-dealkylation sites (tertiary alicyclic amines) is 1. The van der Waals surface area contributed by atoms with Crippen molar-refractivity contribution in [3.05, 3.63) is 0 Å². The molecular formula is C17H32N2O. The van der Waals surface area contributed by atoms with Crippen molar-refractivity contribution in [2.45, 2.75) is 69.9 Å². The Balaban J connectivity index is 1.68. The number of aliphatic hydroxyl groups is 1. The maximum absolute atomic E-state index is 10.1. The first-order chi connectivity index (χ1) is 9.79. The summed E-state index contributed by atoms with van der Waals surface area (Å²) in [5.41, 5.74) is -0.0134. The van der Waals surface area contributed by atoms with Crippen LogP contribution in [0.2, 0.25) is 0 Å². The van der Waals surface area contributed by atoms with Gasteiger partial charge < -0.3 is 10.4 Å². The van der Waals surface area contributed by atoms with Gasteiger partial charge in [0.2, 0.25) is 0 Å². The predicted octanol–water partition coefficient (Wildman–Crippen LogP) is 2.39. The van der Waals surface area contributed by atoms with E-state index in [9.17, 15) is 5.11 Å². The van der Waals surface area contributed by atoms with Crippen LogP contribution in [0.15, 0.2) is 0 Å². The number of rotatable bonds is 7. The average molecular weight is 280 g/mol. The van der Waals surface area contributed by atoms with E-state index in [1.165, 1.54) is 51.5 Å². The van der Waals surface area contributed by atoms with E-state index in [1.54, 1.807) is 0 Å². The molecular weight excluding hydrogens is 248 g/mol. The summed E-state index contributed by atoms with van der Waals surface area (Å²) in [5.74, 6) is 1.66. The van der Waals surface area contributed by atoms with Gasteiger partial charge in [0.1, 0.15) is 0 Å². The molecule has 2 saturated carbocycles. The van der Waals surface area contributed by atoms with E-state index in [0.717, 1.165) is 31.5 Å². The fraction of sp³-hybridized carbons (Fsp3) is 1.00. The van der Waals surface area contributed by atoms with Gasteiger partial charge in [-0.25, -0.2) is 0 Å². The fourth-order valence-electron chi connectivity index (χ4n) is 4.69. The number of fused-ring (bicyclic) bond motifs is 1. The molecule has 3 heteroatoms. The third-order valence-electron chi connectivity index (χ3n) is 5.96. The van der Waals surface area contributed by atoms with Gasteiger partial charge in [-0.1, -0.05) is 13.3 Å². The summed E-state index contributed by atoms with van der Waals surface area (Å²) in [4.78, 5) is 2.73. The molecule has 3 atom stereocenters. The molecule has 0 spiro atoms. The molecule has 3 unspecified atom stereocenters. The molecule has 3 aliphatic rings. The van der Waals surface area contributed by atoms with Gasteiger partial charge in [0.05, 0.1) is 12.1 Å². The minimum atomic E-state index is -0.0134. The Hall–Kier alpha value is -0.120. The quantitative estimate of drug-likeness (QED) is 0.751. The normalized spacial score (nSPS) is 33.9. The Bertz CT molecular complexity index is 318. The second-order valence-electron chi connectivity index (χ2n) is 7.39. The monoisotopic (exact) mass is 280 g/mol. The highest BCUT2D eigenvalue weighted by atomic mass is 16.3. The minimum absolute atomic E-state index is 0.0134. The highest BCUT2D eigenvalue weighted by molar-refractivity contribution is 5.04. The summed E-state index contributed by atoms with van der Waals surface area (Å²) in [7, 11) is 0. The third kappa shape index (κ3) is 2.90. The lowest BCUT2D eigenvalue weighted by molar-refractivity contribution is 0.0400. The molecule has 0 amide bonds. The maximum Gasteiger partial charge on any atom is 0.0628 e. The van der Waals surface area contributed by atoms with Gasteiger partial charge in [0.15, 0.2) is 0 Å². The van der Waals surface area contributed by atoms with Crippen LogP contribution in [-0.4, -0.2) is 47.8 Å². The lowest BCUT2D eigenvalue weighted by atomic mass is 9.87. The first-order valence-electron chi connectivity index (χ1n) is 8.89. The van der Waals surface area contributed by atoms with Crippen LogP contribution in [0.25, 0.3) is 0 Å². The number of hydrogen-bond acceptors (Lipinski definition) is 3. The lowest BCUT2D eigenvalue weighted by Crippen LogP contribution is -2.60. The zero-order chi connectivity index (χ0) is 14.0. The van der Waals surface area contributed by atoms with E-state index in [2.05, 4.69) is 17.1 Å². The molecule has 20 heavy (non-hydrogen) atoms. The standard InChI is InChI=1S/C17H32N2O/c1-2-10-18-17(13-20,15-8-9-15)12-19-11-4-6-14-5-3-7-16(14)19/h14-16,18,20H,2-13H2,1H3. The Morgan fingerprint density at radius 3 is 2.65 bits per heavy atom. The van der Waals surface area contributed by atoms with Crippen molar-refractivity contribution in [3.63, 3.8) is 0 Å². The molecule has 3 nitrogen and oxygen atoms in total. The molecule has 1 saturated heterocycles. The van der Waals surface area contributed by atoms with Crippen molar-refractivity contribution < 1.29 is 5.11 Å². The zero-order valence-corrected chi connectivity index (χ0v) is 13.1. The van der Waals surface area contributed by atoms with Gasteiger partial charge in [-0.2, -0.15) is 0 Å². The Morgan fingerprint density at radius 2 is 1.95 bits per heavy atom. The van der Waals surface area contributed by atoms with Crippen LogP contribution in [0.5, 0.6) is 0 Å². The van der Waals surface area contributed by atoms with Crippen molar-refractivity contribution in [3.8, 4) is 0 Å². The number of hydrogen-bond donors (Lipinski definition) is 2. The summed E-state index contributed by atoms with van der Waals surface area (Å²) >= 11 is 0. The zero-order valence-electron chi connectivity index (χ0n) is 13.1. The van der Waals surface area contributed by atoms with E-state index in [4.69, 9.17) is 0 Å². The van der Waals surface area contributed by atoms with E-state index in [0.29, 0.717) is 12.5 Å². The summed E-state index contributed by atoms with van der Waals surface area (Å²) in [6, 6.07) is 0.817. The molecule has 116 valence electrons. The number of nitrogens with zero attached hydrogens (tertiary/aromatic N) is 1. The summed E-state index contributed by atoms with van der Waals surface area (Å²) < 4.78 is 0. The van der Waals surface area contributed by atoms with Crippen molar-refractivity contribution >= 4 is 0 Å². The maximum atomic E-state index is 10.1. The van der Waals surface area contributed by atoms with Crippen molar-refractivity contribution in [2.24, 2.45) is 11.8 Å². The number of aliphatic hydroxyl groups excluding tert-OH is 1. The van der Waals surface area contributed by atoms with E-state index >= 15 is 0 Å². The van der Waals surface area contributed by atoms with E-state index in [1.807, 2.05) is 0 Å². The number of piperidine rings is 1. The van der Waals surface area contributed by atoms with Crippen molar-refractivity contribution in [2.75, 3.05) is 26.2 Å². The van der Waals surface area contributed by atoms with Crippen LogP contribution in [0.1, 0.15) is 58.3 Å². The second kappa shape index (κ2) is 6.33. The molecule has 0 aromatic heterocycles. The molecule has 0 radical (unpaired) electrons. The van der Waals surface area contributed by atoms with Crippen LogP contribution >= 0.6 is 0 Å². The molecule has 2 aliphatic carbocycles. The molecule has 0 bridgehead atoms. The van der Waals surface area contributed by atoms with Crippen LogP contribution in [0.4, 0.5) is 0 Å². The molecule has 1 aliphatic heterocycles. The lowest BCUT2D eigenvalue weighted by Gasteiger charge is -2.44. The van der Waals surface area contributed by atoms with E-state index < -0.39 is 0 Å². The van der Waals surface area contributed by atoms with Crippen LogP contribution < -0.4 is 5.32 Å². The summed E-state index contributed by atoms with van der Waals surface area (Å²) in [6.45, 7) is 5.90. The Kier molecular flexibility index (Phi) is 4.68. The first kappa shape index (κ1) is 14.8. The Morgan fingerprint density at radius 1 is 1.15 bits per heavy atom. The average Bonchev–Trinajstić information content (AvgIpc) is 3.22. The van der Waals surface area contributed by atoms with Crippen LogP contribution in [0.3, 0.4) is 0 Å². The van der Waals surface area contributed by atoms with Crippen molar-refractivity contribution in [1.82, 2.24) is 10.2 Å². The Labute approximate surface area is 124 Å². The van der Waals surface area contributed by atoms with Gasteiger partial charge in [-0.05, 0) is 69.9 Å². The highest BCUT2D eigenvalue weighted by Crippen LogP contribution is 2.43. The van der Waals surface area contributed by atoms with E-state index in [-0.39, 0.29) is 5.54 Å². The van der Waals surface area contributed by atoms with Crippen LogP contribution in [-0.2, 0) is 0 Å². The second-order valence-corrected chi connectivity index (χ2v) is 7.39. The largest absolute Gasteiger partial charge is 0.394 e. The van der Waals surface area contributed by atoms with Crippen LogP contribution in [0, 0.1) is 11.8 Å². The smallest absolute Gasteiger partial charge is 0.0628 e. The molecule has 1 heterocycles. The highest BCUT2D eigenvalue weighted by Gasteiger charge is 2.47. The fourth-order valence-corrected chi connectivity index (χ4v) is 4.69. The molecule has 2 N–H and O–H groups in total. The molecule has 3 fully saturated rings. The summed E-state index contributed by atoms with van der Waals surface area (Å²) in [6.07, 6.45) is 10.8. The predicted molar refractivity (Wildman–Crippen MR) is 82.8 cm³/mol.